The van der Waals surface area contributed by atoms with Crippen LogP contribution in [0.25, 0.3) is 6.08 Å². The van der Waals surface area contributed by atoms with Gasteiger partial charge in [0.2, 0.25) is 0 Å². The first kappa shape index (κ1) is 28.5. The molecule has 0 atom stereocenters. The summed E-state index contributed by atoms with van der Waals surface area (Å²) < 4.78 is 6.20. The predicted octanol–water partition coefficient (Wildman–Crippen LogP) is 7.05. The van der Waals surface area contributed by atoms with Crippen molar-refractivity contribution in [3.63, 3.8) is 0 Å². The van der Waals surface area contributed by atoms with E-state index in [9.17, 15) is 14.4 Å². The lowest BCUT2D eigenvalue weighted by Gasteiger charge is -2.08. The van der Waals surface area contributed by atoms with Gasteiger partial charge in [-0.2, -0.15) is 5.10 Å². The van der Waals surface area contributed by atoms with Crippen LogP contribution in [0.2, 0.25) is 5.02 Å². The number of hydrogen-bond acceptors (Lipinski definition) is 5. The number of nitrogens with zero attached hydrogens (tertiary/aromatic N) is 1. The van der Waals surface area contributed by atoms with Crippen LogP contribution in [-0.2, 0) is 4.79 Å². The maximum absolute atomic E-state index is 12.7. The van der Waals surface area contributed by atoms with Gasteiger partial charge in [0.25, 0.3) is 11.8 Å². The van der Waals surface area contributed by atoms with E-state index < -0.39 is 11.9 Å². The van der Waals surface area contributed by atoms with Gasteiger partial charge in [0.15, 0.2) is 0 Å². The maximum atomic E-state index is 12.7. The summed E-state index contributed by atoms with van der Waals surface area (Å²) in [4.78, 5) is 37.6. The summed E-state index contributed by atoms with van der Waals surface area (Å²) in [5, 5.41) is 7.41. The fourth-order valence-corrected chi connectivity index (χ4v) is 3.97. The smallest absolute Gasteiger partial charge is 0.336 e. The summed E-state index contributed by atoms with van der Waals surface area (Å²) in [5.74, 6) is -1.09. The molecule has 4 rings (SSSR count). The number of carbonyl (C=O) groups is 3. The highest BCUT2D eigenvalue weighted by Gasteiger charge is 2.10. The number of nitrogens with one attached hydrogen (secondary N) is 2. The van der Waals surface area contributed by atoms with Crippen molar-refractivity contribution in [2.45, 2.75) is 6.92 Å². The van der Waals surface area contributed by atoms with E-state index in [0.29, 0.717) is 27.4 Å². The van der Waals surface area contributed by atoms with Gasteiger partial charge in [-0.15, -0.1) is 0 Å². The molecular weight excluding hydrogens is 594 g/mol. The Morgan fingerprint density at radius 1 is 0.875 bits per heavy atom. The molecule has 0 aliphatic heterocycles. The maximum Gasteiger partial charge on any atom is 0.336 e. The summed E-state index contributed by atoms with van der Waals surface area (Å²) in [6, 6.07) is 25.7. The van der Waals surface area contributed by atoms with Gasteiger partial charge in [-0.25, -0.2) is 10.2 Å². The van der Waals surface area contributed by atoms with Gasteiger partial charge in [-0.1, -0.05) is 63.4 Å². The third-order valence-electron chi connectivity index (χ3n) is 5.53. The number of aryl methyl sites for hydroxylation is 1. The van der Waals surface area contributed by atoms with Crippen LogP contribution in [0, 0.1) is 6.92 Å². The highest BCUT2D eigenvalue weighted by atomic mass is 79.9. The molecule has 9 heteroatoms. The van der Waals surface area contributed by atoms with E-state index in [2.05, 4.69) is 31.8 Å². The fraction of sp³-hybridized carbons (Fsp3) is 0.0323. The average molecular weight is 617 g/mol. The zero-order valence-electron chi connectivity index (χ0n) is 21.2. The van der Waals surface area contributed by atoms with Crippen LogP contribution in [0.3, 0.4) is 0 Å². The van der Waals surface area contributed by atoms with Crippen LogP contribution in [0.4, 0.5) is 5.69 Å². The Bertz CT molecular complexity index is 1600. The van der Waals surface area contributed by atoms with Crippen LogP contribution in [-0.4, -0.2) is 24.0 Å². The summed E-state index contributed by atoms with van der Waals surface area (Å²) in [7, 11) is 0. The van der Waals surface area contributed by atoms with Crippen LogP contribution in [0.15, 0.2) is 107 Å². The zero-order valence-corrected chi connectivity index (χ0v) is 23.6. The lowest BCUT2D eigenvalue weighted by Crippen LogP contribution is -2.18. The second kappa shape index (κ2) is 13.5. The number of benzene rings is 4. The molecule has 0 aliphatic carbocycles. The van der Waals surface area contributed by atoms with Crippen molar-refractivity contribution in [3.8, 4) is 5.75 Å². The Hall–Kier alpha value is -4.53. The Balaban J connectivity index is 1.39. The molecule has 0 saturated heterocycles. The first-order chi connectivity index (χ1) is 19.3. The molecule has 2 amide bonds. The van der Waals surface area contributed by atoms with Crippen LogP contribution < -0.4 is 15.5 Å². The fourth-order valence-electron chi connectivity index (χ4n) is 3.47. The number of halogens is 2. The molecular formula is C31H23BrClN3O4. The molecule has 0 bridgehead atoms. The summed E-state index contributed by atoms with van der Waals surface area (Å²) >= 11 is 9.27. The van der Waals surface area contributed by atoms with Crippen molar-refractivity contribution in [3.05, 3.63) is 134 Å². The van der Waals surface area contributed by atoms with Crippen LogP contribution in [0.5, 0.6) is 5.75 Å². The van der Waals surface area contributed by atoms with Crippen molar-refractivity contribution < 1.29 is 19.1 Å². The Morgan fingerprint density at radius 2 is 1.62 bits per heavy atom. The van der Waals surface area contributed by atoms with Crippen molar-refractivity contribution in [1.29, 1.82) is 0 Å². The van der Waals surface area contributed by atoms with Gasteiger partial charge >= 0.3 is 5.97 Å². The first-order valence-corrected chi connectivity index (χ1v) is 13.2. The molecule has 200 valence electrons. The Morgan fingerprint density at radius 3 is 2.38 bits per heavy atom. The van der Waals surface area contributed by atoms with Crippen molar-refractivity contribution in [1.82, 2.24) is 5.43 Å². The SMILES string of the molecule is Cc1ccc(C(=O)Nc2cccc(C(=O)NN=Cc3cc(Br)ccc3OC(=O)/C=C/c3ccc(Cl)cc3)c2)cc1. The number of esters is 1. The van der Waals surface area contributed by atoms with E-state index in [1.807, 2.05) is 19.1 Å². The van der Waals surface area contributed by atoms with E-state index in [1.165, 1.54) is 12.3 Å². The molecule has 0 spiro atoms. The predicted molar refractivity (Wildman–Crippen MR) is 161 cm³/mol. The lowest BCUT2D eigenvalue weighted by molar-refractivity contribution is -0.128. The first-order valence-electron chi connectivity index (χ1n) is 12.0. The van der Waals surface area contributed by atoms with Gasteiger partial charge in [-0.05, 0) is 79.2 Å². The number of hydrogen-bond donors (Lipinski definition) is 2. The minimum Gasteiger partial charge on any atom is -0.423 e. The molecule has 4 aromatic rings. The Labute approximate surface area is 244 Å². The number of hydrazone groups is 1. The topological polar surface area (TPSA) is 96.9 Å². The second-order valence-electron chi connectivity index (χ2n) is 8.59. The largest absolute Gasteiger partial charge is 0.423 e. The van der Waals surface area contributed by atoms with Crippen LogP contribution >= 0.6 is 27.5 Å². The van der Waals surface area contributed by atoms with Crippen molar-refractivity contribution in [2.24, 2.45) is 5.10 Å². The molecule has 0 heterocycles. The lowest BCUT2D eigenvalue weighted by atomic mass is 10.1. The van der Waals surface area contributed by atoms with Gasteiger partial charge in [-0.3, -0.25) is 9.59 Å². The zero-order chi connectivity index (χ0) is 28.5. The number of carbonyl (C=O) groups excluding carboxylic acids is 3. The number of rotatable bonds is 8. The quantitative estimate of drug-likeness (QED) is 0.0729. The molecule has 0 saturated carbocycles. The number of amides is 2. The van der Waals surface area contributed by atoms with Gasteiger partial charge in [0, 0.05) is 37.9 Å². The molecule has 0 aromatic heterocycles. The minimum atomic E-state index is -0.583. The van der Waals surface area contributed by atoms with E-state index in [4.69, 9.17) is 16.3 Å². The van der Waals surface area contributed by atoms with Gasteiger partial charge < -0.3 is 10.1 Å². The summed E-state index contributed by atoms with van der Waals surface area (Å²) in [6.07, 6.45) is 4.29. The molecule has 0 fully saturated rings. The van der Waals surface area contributed by atoms with E-state index in [1.54, 1.807) is 84.9 Å². The van der Waals surface area contributed by atoms with E-state index >= 15 is 0 Å². The van der Waals surface area contributed by atoms with Crippen LogP contribution in [0.1, 0.15) is 37.4 Å². The molecule has 7 nitrogen and oxygen atoms in total. The van der Waals surface area contributed by atoms with Crippen molar-refractivity contribution >= 4 is 63.3 Å². The summed E-state index contributed by atoms with van der Waals surface area (Å²) in [6.45, 7) is 1.94. The molecule has 0 radical (unpaired) electrons. The molecule has 0 aliphatic rings. The highest BCUT2D eigenvalue weighted by Crippen LogP contribution is 2.22. The second-order valence-corrected chi connectivity index (χ2v) is 9.94. The highest BCUT2D eigenvalue weighted by molar-refractivity contribution is 9.10. The van der Waals surface area contributed by atoms with Gasteiger partial charge in [0.1, 0.15) is 5.75 Å². The summed E-state index contributed by atoms with van der Waals surface area (Å²) in [5.41, 5.74) is 6.03. The molecule has 0 unspecified atom stereocenters. The monoisotopic (exact) mass is 615 g/mol. The average Bonchev–Trinajstić information content (AvgIpc) is 2.94. The molecule has 2 N–H and O–H groups in total. The third-order valence-corrected chi connectivity index (χ3v) is 6.28. The number of anilines is 1. The standard InChI is InChI=1S/C31H23BrClN3O4/c1-20-5-10-22(11-6-20)30(38)35-27-4-2-3-23(18-27)31(39)36-34-19-24-17-25(32)12-15-28(24)40-29(37)16-9-21-7-13-26(33)14-8-21/h2-19H,1H3,(H,35,38)(H,36,39)/b16-9+,34-19?. The molecule has 40 heavy (non-hydrogen) atoms. The Kier molecular flexibility index (Phi) is 9.62. The minimum absolute atomic E-state index is 0.257. The van der Waals surface area contributed by atoms with E-state index in [-0.39, 0.29) is 11.7 Å². The van der Waals surface area contributed by atoms with Crippen molar-refractivity contribution in [2.75, 3.05) is 5.32 Å². The van der Waals surface area contributed by atoms with E-state index in [0.717, 1.165) is 15.6 Å². The molecule has 4 aromatic carbocycles. The number of ether oxygens (including phenoxy) is 1. The normalized spacial score (nSPS) is 11.0. The van der Waals surface area contributed by atoms with Gasteiger partial charge in [0.05, 0.1) is 6.21 Å². The third kappa shape index (κ3) is 8.23.